The van der Waals surface area contributed by atoms with Crippen LogP contribution in [0.5, 0.6) is 0 Å². The smallest absolute Gasteiger partial charge is 0.321 e. The van der Waals surface area contributed by atoms with Gasteiger partial charge in [-0.05, 0) is 24.3 Å². The van der Waals surface area contributed by atoms with Gasteiger partial charge in [-0.15, -0.1) is 0 Å². The molecule has 2 unspecified atom stereocenters. The minimum atomic E-state index is -0.913. The van der Waals surface area contributed by atoms with Crippen molar-refractivity contribution in [2.45, 2.75) is 26.7 Å². The van der Waals surface area contributed by atoms with Gasteiger partial charge in [0.25, 0.3) is 5.69 Å². The van der Waals surface area contributed by atoms with E-state index in [1.54, 1.807) is 6.07 Å². The molecule has 0 bridgehead atoms. The van der Waals surface area contributed by atoms with Crippen molar-refractivity contribution in [1.29, 1.82) is 0 Å². The summed E-state index contributed by atoms with van der Waals surface area (Å²) in [4.78, 5) is 35.6. The van der Waals surface area contributed by atoms with Crippen LogP contribution in [0.15, 0.2) is 18.2 Å². The number of likely N-dealkylation sites (tertiary alicyclic amines) is 1. The van der Waals surface area contributed by atoms with Crippen molar-refractivity contribution < 1.29 is 19.6 Å². The lowest BCUT2D eigenvalue weighted by Crippen LogP contribution is -2.47. The Bertz CT molecular complexity index is 661. The molecule has 1 aliphatic rings. The number of hydrogen-bond donors (Lipinski definition) is 2. The lowest BCUT2D eigenvalue weighted by Gasteiger charge is -2.34. The van der Waals surface area contributed by atoms with E-state index in [1.807, 2.05) is 13.8 Å². The number of carbonyl (C=O) groups excluding carboxylic acids is 1. The number of carbonyl (C=O) groups is 2. The minimum Gasteiger partial charge on any atom is -0.481 e. The Morgan fingerprint density at radius 2 is 2.12 bits per heavy atom. The van der Waals surface area contributed by atoms with Gasteiger partial charge in [-0.3, -0.25) is 14.9 Å². The molecule has 0 radical (unpaired) electrons. The van der Waals surface area contributed by atoms with Crippen LogP contribution in [-0.2, 0) is 11.2 Å². The summed E-state index contributed by atoms with van der Waals surface area (Å²) in [7, 11) is 0. The lowest BCUT2D eigenvalue weighted by atomic mass is 9.91. The van der Waals surface area contributed by atoms with Crippen LogP contribution in [0, 0.1) is 22.0 Å². The van der Waals surface area contributed by atoms with Gasteiger partial charge in [-0.1, -0.05) is 19.9 Å². The summed E-state index contributed by atoms with van der Waals surface area (Å²) >= 11 is 0. The molecule has 1 aromatic carbocycles. The SMILES string of the molecule is CCc1ccc([N+](=O)[O-])cc1NC(=O)N1CC(C)CC(C(=O)O)C1. The number of nitrogens with one attached hydrogen (secondary N) is 1. The van der Waals surface area contributed by atoms with Gasteiger partial charge in [0.2, 0.25) is 0 Å². The maximum absolute atomic E-state index is 12.5. The van der Waals surface area contributed by atoms with Gasteiger partial charge in [0.1, 0.15) is 0 Å². The molecule has 24 heavy (non-hydrogen) atoms. The third-order valence-electron chi connectivity index (χ3n) is 4.22. The molecule has 2 amide bonds. The van der Waals surface area contributed by atoms with Crippen LogP contribution in [0.2, 0.25) is 0 Å². The van der Waals surface area contributed by atoms with E-state index in [2.05, 4.69) is 5.32 Å². The van der Waals surface area contributed by atoms with E-state index >= 15 is 0 Å². The van der Waals surface area contributed by atoms with Gasteiger partial charge in [0.05, 0.1) is 16.5 Å². The third kappa shape index (κ3) is 4.01. The second kappa shape index (κ2) is 7.29. The molecule has 1 aromatic rings. The van der Waals surface area contributed by atoms with Crippen molar-refractivity contribution in [1.82, 2.24) is 4.90 Å². The van der Waals surface area contributed by atoms with Crippen LogP contribution in [0.3, 0.4) is 0 Å². The van der Waals surface area contributed by atoms with Crippen LogP contribution in [0.25, 0.3) is 0 Å². The maximum Gasteiger partial charge on any atom is 0.321 e. The Hall–Kier alpha value is -2.64. The number of hydrogen-bond acceptors (Lipinski definition) is 4. The number of nitrogens with zero attached hydrogens (tertiary/aromatic N) is 2. The molecule has 1 heterocycles. The molecule has 0 saturated carbocycles. The fraction of sp³-hybridized carbons (Fsp3) is 0.500. The number of nitro groups is 1. The molecule has 8 nitrogen and oxygen atoms in total. The highest BCUT2D eigenvalue weighted by Crippen LogP contribution is 2.26. The fourth-order valence-electron chi connectivity index (χ4n) is 2.99. The number of benzene rings is 1. The summed E-state index contributed by atoms with van der Waals surface area (Å²) in [6, 6.07) is 3.92. The average molecular weight is 335 g/mol. The van der Waals surface area contributed by atoms with Crippen LogP contribution >= 0.6 is 0 Å². The molecule has 130 valence electrons. The third-order valence-corrected chi connectivity index (χ3v) is 4.22. The van der Waals surface area contributed by atoms with Gasteiger partial charge in [-0.25, -0.2) is 4.79 Å². The first-order valence-corrected chi connectivity index (χ1v) is 7.87. The highest BCUT2D eigenvalue weighted by Gasteiger charge is 2.32. The van der Waals surface area contributed by atoms with Gasteiger partial charge in [-0.2, -0.15) is 0 Å². The molecule has 0 spiro atoms. The minimum absolute atomic E-state index is 0.0846. The Balaban J connectivity index is 2.17. The molecule has 8 heteroatoms. The predicted molar refractivity (Wildman–Crippen MR) is 88.0 cm³/mol. The quantitative estimate of drug-likeness (QED) is 0.649. The number of nitro benzene ring substituents is 1. The normalized spacial score (nSPS) is 20.5. The van der Waals surface area contributed by atoms with Crippen molar-refractivity contribution in [2.75, 3.05) is 18.4 Å². The number of aliphatic carboxylic acids is 1. The summed E-state index contributed by atoms with van der Waals surface area (Å²) < 4.78 is 0. The number of urea groups is 1. The van der Waals surface area contributed by atoms with Gasteiger partial charge < -0.3 is 15.3 Å². The maximum atomic E-state index is 12.5. The van der Waals surface area contributed by atoms with Crippen LogP contribution in [0.1, 0.15) is 25.8 Å². The number of aryl methyl sites for hydroxylation is 1. The number of anilines is 1. The Morgan fingerprint density at radius 3 is 2.71 bits per heavy atom. The molecule has 2 N–H and O–H groups in total. The summed E-state index contributed by atoms with van der Waals surface area (Å²) in [5, 5.41) is 22.8. The number of non-ortho nitro benzene ring substituents is 1. The Labute approximate surface area is 139 Å². The van der Waals surface area contributed by atoms with E-state index in [4.69, 9.17) is 0 Å². The zero-order chi connectivity index (χ0) is 17.9. The number of carboxylic acids is 1. The number of rotatable bonds is 4. The molecule has 2 atom stereocenters. The molecule has 1 aliphatic heterocycles. The molecule has 0 aromatic heterocycles. The second-order valence-electron chi connectivity index (χ2n) is 6.16. The van der Waals surface area contributed by atoms with Crippen LogP contribution < -0.4 is 5.32 Å². The molecule has 0 aliphatic carbocycles. The van der Waals surface area contributed by atoms with Crippen molar-refractivity contribution in [2.24, 2.45) is 11.8 Å². The molecule has 1 saturated heterocycles. The van der Waals surface area contributed by atoms with Crippen LogP contribution in [-0.4, -0.2) is 40.0 Å². The van der Waals surface area contributed by atoms with E-state index in [9.17, 15) is 24.8 Å². The number of piperidine rings is 1. The van der Waals surface area contributed by atoms with E-state index in [0.29, 0.717) is 25.1 Å². The van der Waals surface area contributed by atoms with Gasteiger partial charge >= 0.3 is 12.0 Å². The zero-order valence-corrected chi connectivity index (χ0v) is 13.7. The topological polar surface area (TPSA) is 113 Å². The number of amides is 2. The number of carboxylic acid groups (broad SMARTS) is 1. The van der Waals surface area contributed by atoms with E-state index < -0.39 is 22.8 Å². The summed E-state index contributed by atoms with van der Waals surface area (Å²) in [5.74, 6) is -1.42. The summed E-state index contributed by atoms with van der Waals surface area (Å²) in [6.07, 6.45) is 1.15. The first kappa shape index (κ1) is 17.7. The van der Waals surface area contributed by atoms with Crippen molar-refractivity contribution in [3.8, 4) is 0 Å². The van der Waals surface area contributed by atoms with Gasteiger partial charge in [0, 0.05) is 25.2 Å². The Morgan fingerprint density at radius 1 is 1.42 bits per heavy atom. The predicted octanol–water partition coefficient (Wildman–Crippen LogP) is 2.73. The average Bonchev–Trinajstić information content (AvgIpc) is 2.53. The molecule has 2 rings (SSSR count). The second-order valence-corrected chi connectivity index (χ2v) is 6.16. The highest BCUT2D eigenvalue weighted by molar-refractivity contribution is 5.91. The molecular weight excluding hydrogens is 314 g/mol. The summed E-state index contributed by atoms with van der Waals surface area (Å²) in [6.45, 7) is 4.40. The largest absolute Gasteiger partial charge is 0.481 e. The van der Waals surface area contributed by atoms with Crippen molar-refractivity contribution in [3.63, 3.8) is 0 Å². The summed E-state index contributed by atoms with van der Waals surface area (Å²) in [5.41, 5.74) is 1.08. The lowest BCUT2D eigenvalue weighted by molar-refractivity contribution is -0.384. The fourth-order valence-corrected chi connectivity index (χ4v) is 2.99. The highest BCUT2D eigenvalue weighted by atomic mass is 16.6. The monoisotopic (exact) mass is 335 g/mol. The first-order chi connectivity index (χ1) is 11.3. The molecular formula is C16H21N3O5. The Kier molecular flexibility index (Phi) is 5.38. The standard InChI is InChI=1S/C16H21N3O5/c1-3-11-4-5-13(19(23)24)7-14(11)17-16(22)18-8-10(2)6-12(9-18)15(20)21/h4-5,7,10,12H,3,6,8-9H2,1-2H3,(H,17,22)(H,20,21). The van der Waals surface area contributed by atoms with Crippen LogP contribution in [0.4, 0.5) is 16.2 Å². The molecule has 1 fully saturated rings. The van der Waals surface area contributed by atoms with E-state index in [0.717, 1.165) is 5.56 Å². The van der Waals surface area contributed by atoms with Crippen molar-refractivity contribution in [3.05, 3.63) is 33.9 Å². The first-order valence-electron chi connectivity index (χ1n) is 7.87. The van der Waals surface area contributed by atoms with Crippen molar-refractivity contribution >= 4 is 23.4 Å². The zero-order valence-electron chi connectivity index (χ0n) is 13.7. The van der Waals surface area contributed by atoms with E-state index in [-0.39, 0.29) is 18.2 Å². The van der Waals surface area contributed by atoms with Gasteiger partial charge in [0.15, 0.2) is 0 Å². The van der Waals surface area contributed by atoms with E-state index in [1.165, 1.54) is 17.0 Å².